The fourth-order valence-corrected chi connectivity index (χ4v) is 5.56. The molecule has 1 heterocycles. The van der Waals surface area contributed by atoms with Crippen LogP contribution in [0.1, 0.15) is 21.5 Å². The third-order valence-corrected chi connectivity index (χ3v) is 7.69. The number of carboxylic acids is 1. The molecule has 0 aromatic heterocycles. The van der Waals surface area contributed by atoms with E-state index in [1.165, 1.54) is 36.4 Å². The van der Waals surface area contributed by atoms with Crippen molar-refractivity contribution >= 4 is 41.2 Å². The molecule has 0 saturated carbocycles. The third-order valence-electron chi connectivity index (χ3n) is 6.36. The smallest absolute Gasteiger partial charge is 0.322 e. The molecule has 1 fully saturated rings. The van der Waals surface area contributed by atoms with E-state index in [4.69, 9.17) is 9.84 Å². The first-order chi connectivity index (χ1) is 20.1. The monoisotopic (exact) mass is 597 g/mol. The van der Waals surface area contributed by atoms with Crippen LogP contribution in [0, 0.1) is 11.6 Å². The van der Waals surface area contributed by atoms with Crippen LogP contribution in [-0.4, -0.2) is 65.3 Å². The predicted molar refractivity (Wildman–Crippen MR) is 148 cm³/mol. The fraction of sp³-hybridized carbons (Fsp3) is 0.207. The number of benzene rings is 3. The van der Waals surface area contributed by atoms with Crippen molar-refractivity contribution < 1.29 is 42.6 Å². The van der Waals surface area contributed by atoms with E-state index in [-0.39, 0.29) is 17.4 Å². The highest BCUT2D eigenvalue weighted by atomic mass is 32.2. The molecule has 42 heavy (non-hydrogen) atoms. The van der Waals surface area contributed by atoms with Crippen molar-refractivity contribution in [2.24, 2.45) is 0 Å². The summed E-state index contributed by atoms with van der Waals surface area (Å²) in [6.07, 6.45) is 0. The molecule has 0 bridgehead atoms. The number of ether oxygens (including phenoxy) is 1. The molecule has 3 aromatic carbocycles. The summed E-state index contributed by atoms with van der Waals surface area (Å²) in [4.78, 5) is 59.5. The summed E-state index contributed by atoms with van der Waals surface area (Å²) in [5, 5.41) is 15.1. The number of ketones is 1. The van der Waals surface area contributed by atoms with Crippen LogP contribution < -0.4 is 20.7 Å². The second kappa shape index (κ2) is 13.3. The number of β-lactam (4-membered cyclic amide) rings is 1. The zero-order valence-corrected chi connectivity index (χ0v) is 22.7. The van der Waals surface area contributed by atoms with Crippen LogP contribution in [0.3, 0.4) is 0 Å². The Morgan fingerprint density at radius 2 is 1.38 bits per heavy atom. The minimum Gasteiger partial charge on any atom is -0.484 e. The van der Waals surface area contributed by atoms with Gasteiger partial charge in [-0.25, -0.2) is 8.78 Å². The minimum atomic E-state index is -1.22. The number of aliphatic carboxylic acids is 1. The van der Waals surface area contributed by atoms with Crippen molar-refractivity contribution in [1.29, 1.82) is 0 Å². The molecule has 3 aromatic rings. The predicted octanol–water partition coefficient (Wildman–Crippen LogP) is 2.02. The molecule has 0 spiro atoms. The van der Waals surface area contributed by atoms with Crippen molar-refractivity contribution in [3.8, 4) is 5.75 Å². The zero-order valence-electron chi connectivity index (χ0n) is 21.9. The summed E-state index contributed by atoms with van der Waals surface area (Å²) in [6.45, 7) is -1.41. The van der Waals surface area contributed by atoms with E-state index < -0.39 is 59.9 Å². The van der Waals surface area contributed by atoms with Crippen LogP contribution in [0.4, 0.5) is 8.78 Å². The average Bonchev–Trinajstić information content (AvgIpc) is 2.97. The Bertz CT molecular complexity index is 1480. The maximum absolute atomic E-state index is 13.8. The lowest BCUT2D eigenvalue weighted by atomic mass is 9.74. The van der Waals surface area contributed by atoms with Crippen molar-refractivity contribution in [2.75, 3.05) is 25.4 Å². The molecule has 0 unspecified atom stereocenters. The topological polar surface area (TPSA) is 151 Å². The molecule has 13 heteroatoms. The van der Waals surface area contributed by atoms with E-state index in [2.05, 4.69) is 16.0 Å². The molecule has 218 valence electrons. The summed E-state index contributed by atoms with van der Waals surface area (Å²) in [5.74, 6) is -3.78. The molecule has 0 radical (unpaired) electrons. The van der Waals surface area contributed by atoms with Gasteiger partial charge in [0.15, 0.2) is 12.4 Å². The van der Waals surface area contributed by atoms with Crippen molar-refractivity contribution in [3.05, 3.63) is 101 Å². The van der Waals surface area contributed by atoms with Gasteiger partial charge in [0.25, 0.3) is 5.91 Å². The molecular weight excluding hydrogens is 572 g/mol. The number of hydrogen-bond acceptors (Lipinski definition) is 7. The van der Waals surface area contributed by atoms with Crippen LogP contribution in [0.2, 0.25) is 0 Å². The van der Waals surface area contributed by atoms with E-state index in [1.54, 1.807) is 36.4 Å². The molecule has 10 nitrogen and oxygen atoms in total. The molecule has 2 atom stereocenters. The van der Waals surface area contributed by atoms with Gasteiger partial charge in [0.2, 0.25) is 11.8 Å². The van der Waals surface area contributed by atoms with Gasteiger partial charge >= 0.3 is 5.97 Å². The summed E-state index contributed by atoms with van der Waals surface area (Å²) in [6, 6.07) is 17.2. The van der Waals surface area contributed by atoms with E-state index in [0.29, 0.717) is 22.4 Å². The van der Waals surface area contributed by atoms with Crippen LogP contribution in [0.5, 0.6) is 5.75 Å². The van der Waals surface area contributed by atoms with Gasteiger partial charge in [-0.05, 0) is 59.7 Å². The molecular formula is C29H25F2N3O7S. The quantitative estimate of drug-likeness (QED) is 0.173. The highest BCUT2D eigenvalue weighted by Crippen LogP contribution is 2.45. The third kappa shape index (κ3) is 7.10. The maximum atomic E-state index is 13.8. The lowest BCUT2D eigenvalue weighted by Gasteiger charge is -2.49. The number of rotatable bonds is 13. The number of carbonyl (C=O) groups is 5. The summed E-state index contributed by atoms with van der Waals surface area (Å²) in [7, 11) is 0. The van der Waals surface area contributed by atoms with Crippen LogP contribution in [0.15, 0.2) is 72.8 Å². The van der Waals surface area contributed by atoms with Crippen molar-refractivity contribution in [3.63, 3.8) is 0 Å². The molecule has 0 aliphatic carbocycles. The van der Waals surface area contributed by atoms with Crippen molar-refractivity contribution in [2.45, 2.75) is 10.8 Å². The number of halogens is 2. The minimum absolute atomic E-state index is 0.0582. The Labute approximate surface area is 242 Å². The normalized spacial score (nSPS) is 17.4. The Morgan fingerprint density at radius 1 is 0.833 bits per heavy atom. The van der Waals surface area contributed by atoms with E-state index in [1.807, 2.05) is 0 Å². The summed E-state index contributed by atoms with van der Waals surface area (Å²) in [5.41, 5.74) is 0.414. The van der Waals surface area contributed by atoms with Gasteiger partial charge in [0, 0.05) is 5.56 Å². The molecule has 1 saturated heterocycles. The van der Waals surface area contributed by atoms with Gasteiger partial charge in [-0.2, -0.15) is 0 Å². The number of Topliss-reactive ketones (excluding diaryl/α,β-unsaturated/α-hetero) is 1. The van der Waals surface area contributed by atoms with Crippen LogP contribution in [0.25, 0.3) is 0 Å². The largest absolute Gasteiger partial charge is 0.484 e. The Hall–Kier alpha value is -4.78. The standard InChI is InChI=1S/C29H25F2N3O7S/c30-20-7-1-17(2-8-20)23(35)16-42-27-28(40)34-29(27,18-3-9-21(31)10-4-18)19-5-11-22(12-6-19)41-15-25(37)32-13-24(36)33-14-26(38)39/h1-12,27H,13-16H2,(H,32,37)(H,33,36)(H,34,40)(H,38,39)/t27-,29-/m0/s1. The number of carboxylic acid groups (broad SMARTS) is 1. The second-order valence-electron chi connectivity index (χ2n) is 9.19. The van der Waals surface area contributed by atoms with Gasteiger partial charge in [-0.15, -0.1) is 11.8 Å². The number of carbonyl (C=O) groups excluding carboxylic acids is 4. The number of amides is 3. The SMILES string of the molecule is O=C(O)CNC(=O)CNC(=O)COc1ccc([C@]2(c3ccc(F)cc3)NC(=O)[C@@H]2SCC(=O)c2ccc(F)cc2)cc1. The fourth-order valence-electron chi connectivity index (χ4n) is 4.28. The van der Waals surface area contributed by atoms with E-state index in [9.17, 15) is 32.8 Å². The van der Waals surface area contributed by atoms with Gasteiger partial charge in [0.1, 0.15) is 34.7 Å². The summed E-state index contributed by atoms with van der Waals surface area (Å²) < 4.78 is 32.5. The molecule has 4 rings (SSSR count). The van der Waals surface area contributed by atoms with E-state index >= 15 is 0 Å². The zero-order chi connectivity index (χ0) is 30.3. The summed E-state index contributed by atoms with van der Waals surface area (Å²) >= 11 is 1.11. The Kier molecular flexibility index (Phi) is 9.53. The van der Waals surface area contributed by atoms with Gasteiger partial charge < -0.3 is 25.8 Å². The number of thioether (sulfide) groups is 1. The van der Waals surface area contributed by atoms with Crippen molar-refractivity contribution in [1.82, 2.24) is 16.0 Å². The molecule has 3 amide bonds. The van der Waals surface area contributed by atoms with Crippen LogP contribution >= 0.6 is 11.8 Å². The number of hydrogen-bond donors (Lipinski definition) is 4. The van der Waals surface area contributed by atoms with Gasteiger partial charge in [-0.3, -0.25) is 24.0 Å². The lowest BCUT2D eigenvalue weighted by molar-refractivity contribution is -0.137. The first-order valence-corrected chi connectivity index (χ1v) is 13.6. The Morgan fingerprint density at radius 3 is 1.95 bits per heavy atom. The molecule has 1 aliphatic rings. The first kappa shape index (κ1) is 30.2. The molecule has 1 aliphatic heterocycles. The number of nitrogens with one attached hydrogen (secondary N) is 3. The Balaban J connectivity index is 1.45. The van der Waals surface area contributed by atoms with Gasteiger partial charge in [-0.1, -0.05) is 24.3 Å². The molecule has 4 N–H and O–H groups in total. The van der Waals surface area contributed by atoms with Gasteiger partial charge in [0.05, 0.1) is 12.3 Å². The first-order valence-electron chi connectivity index (χ1n) is 12.6. The lowest BCUT2D eigenvalue weighted by Crippen LogP contribution is -2.69. The maximum Gasteiger partial charge on any atom is 0.322 e. The second-order valence-corrected chi connectivity index (χ2v) is 10.3. The highest BCUT2D eigenvalue weighted by Gasteiger charge is 2.56. The van der Waals surface area contributed by atoms with E-state index in [0.717, 1.165) is 11.8 Å². The van der Waals surface area contributed by atoms with Crippen LogP contribution in [-0.2, 0) is 24.7 Å². The average molecular weight is 598 g/mol. The highest BCUT2D eigenvalue weighted by molar-refractivity contribution is 8.01.